The SMILES string of the molecule is Nc1cnn(CCSc2nnnn2C2CCCC2)c1. The quantitative estimate of drug-likeness (QED) is 0.831. The van der Waals surface area contributed by atoms with Crippen LogP contribution < -0.4 is 5.73 Å². The molecule has 0 spiro atoms. The van der Waals surface area contributed by atoms with Crippen LogP contribution in [0.25, 0.3) is 0 Å². The third-order valence-electron chi connectivity index (χ3n) is 3.34. The van der Waals surface area contributed by atoms with Crippen molar-refractivity contribution in [3.05, 3.63) is 12.4 Å². The van der Waals surface area contributed by atoms with Gasteiger partial charge in [0.2, 0.25) is 5.16 Å². The van der Waals surface area contributed by atoms with E-state index in [9.17, 15) is 0 Å². The highest BCUT2D eigenvalue weighted by molar-refractivity contribution is 7.99. The second kappa shape index (κ2) is 5.60. The second-order valence-corrected chi connectivity index (χ2v) is 5.79. The highest BCUT2D eigenvalue weighted by Crippen LogP contribution is 2.31. The molecule has 1 fully saturated rings. The summed E-state index contributed by atoms with van der Waals surface area (Å²) in [6.45, 7) is 0.805. The molecule has 0 unspecified atom stereocenters. The summed E-state index contributed by atoms with van der Waals surface area (Å²) in [5.41, 5.74) is 6.32. The van der Waals surface area contributed by atoms with E-state index in [1.807, 2.05) is 15.6 Å². The van der Waals surface area contributed by atoms with Crippen LogP contribution in [0.2, 0.25) is 0 Å². The van der Waals surface area contributed by atoms with E-state index in [0.717, 1.165) is 17.5 Å². The summed E-state index contributed by atoms with van der Waals surface area (Å²) in [5.74, 6) is 0.883. The van der Waals surface area contributed by atoms with E-state index in [-0.39, 0.29) is 0 Å². The number of nitrogens with zero attached hydrogens (tertiary/aromatic N) is 6. The van der Waals surface area contributed by atoms with Gasteiger partial charge in [0.1, 0.15) is 0 Å². The first-order chi connectivity index (χ1) is 9.33. The van der Waals surface area contributed by atoms with Crippen molar-refractivity contribution in [3.63, 3.8) is 0 Å². The largest absolute Gasteiger partial charge is 0.396 e. The Kier molecular flexibility index (Phi) is 3.67. The summed E-state index contributed by atoms with van der Waals surface area (Å²) in [6, 6.07) is 0.484. The molecule has 0 saturated heterocycles. The zero-order valence-electron chi connectivity index (χ0n) is 10.6. The minimum Gasteiger partial charge on any atom is -0.396 e. The predicted octanol–water partition coefficient (Wildman–Crippen LogP) is 1.36. The molecule has 3 rings (SSSR count). The summed E-state index contributed by atoms with van der Waals surface area (Å²) in [6.07, 6.45) is 8.43. The van der Waals surface area contributed by atoms with Gasteiger partial charge in [-0.05, 0) is 23.3 Å². The fourth-order valence-electron chi connectivity index (χ4n) is 2.39. The maximum absolute atomic E-state index is 5.63. The third-order valence-corrected chi connectivity index (χ3v) is 4.25. The van der Waals surface area contributed by atoms with Gasteiger partial charge in [-0.1, -0.05) is 24.6 Å². The first-order valence-corrected chi connectivity index (χ1v) is 7.50. The number of anilines is 1. The molecular weight excluding hydrogens is 262 g/mol. The maximum Gasteiger partial charge on any atom is 0.209 e. The van der Waals surface area contributed by atoms with Gasteiger partial charge in [-0.15, -0.1) is 5.10 Å². The fraction of sp³-hybridized carbons (Fsp3) is 0.636. The molecule has 2 N–H and O–H groups in total. The highest BCUT2D eigenvalue weighted by Gasteiger charge is 2.21. The Hall–Kier alpha value is -1.57. The molecule has 0 atom stereocenters. The van der Waals surface area contributed by atoms with Crippen LogP contribution in [0, 0.1) is 0 Å². The van der Waals surface area contributed by atoms with Gasteiger partial charge in [0, 0.05) is 11.9 Å². The molecule has 0 aliphatic heterocycles. The molecule has 102 valence electrons. The lowest BCUT2D eigenvalue weighted by Gasteiger charge is -2.10. The number of hydrogen-bond acceptors (Lipinski definition) is 6. The van der Waals surface area contributed by atoms with Crippen LogP contribution in [0.5, 0.6) is 0 Å². The Morgan fingerprint density at radius 2 is 2.21 bits per heavy atom. The van der Waals surface area contributed by atoms with Gasteiger partial charge in [-0.2, -0.15) is 5.10 Å². The molecule has 0 amide bonds. The van der Waals surface area contributed by atoms with Crippen molar-refractivity contribution in [2.75, 3.05) is 11.5 Å². The second-order valence-electron chi connectivity index (χ2n) is 4.73. The van der Waals surface area contributed by atoms with Crippen molar-refractivity contribution >= 4 is 17.4 Å². The highest BCUT2D eigenvalue weighted by atomic mass is 32.2. The molecule has 2 heterocycles. The molecule has 2 aromatic heterocycles. The minimum absolute atomic E-state index is 0.484. The number of nitrogen functional groups attached to an aromatic ring is 1. The monoisotopic (exact) mass is 279 g/mol. The molecule has 2 aromatic rings. The van der Waals surface area contributed by atoms with E-state index in [0.29, 0.717) is 11.7 Å². The van der Waals surface area contributed by atoms with Gasteiger partial charge in [-0.25, -0.2) is 4.68 Å². The predicted molar refractivity (Wildman–Crippen MR) is 72.7 cm³/mol. The molecule has 0 bridgehead atoms. The number of nitrogens with two attached hydrogens (primary N) is 1. The number of rotatable bonds is 5. The third kappa shape index (κ3) is 2.89. The zero-order chi connectivity index (χ0) is 13.1. The van der Waals surface area contributed by atoms with Crippen LogP contribution in [0.3, 0.4) is 0 Å². The summed E-state index contributed by atoms with van der Waals surface area (Å²) >= 11 is 1.67. The Morgan fingerprint density at radius 1 is 1.37 bits per heavy atom. The average Bonchev–Trinajstić information content (AvgIpc) is 3.09. The Balaban J connectivity index is 1.56. The topological polar surface area (TPSA) is 87.4 Å². The molecule has 1 aliphatic carbocycles. The average molecular weight is 279 g/mol. The van der Waals surface area contributed by atoms with Crippen molar-refractivity contribution in [2.45, 2.75) is 43.4 Å². The summed E-state index contributed by atoms with van der Waals surface area (Å²) in [4.78, 5) is 0. The van der Waals surface area contributed by atoms with Crippen molar-refractivity contribution in [3.8, 4) is 0 Å². The van der Waals surface area contributed by atoms with Crippen LogP contribution in [0.15, 0.2) is 17.6 Å². The van der Waals surface area contributed by atoms with E-state index in [1.165, 1.54) is 25.7 Å². The summed E-state index contributed by atoms with van der Waals surface area (Å²) in [7, 11) is 0. The van der Waals surface area contributed by atoms with E-state index in [2.05, 4.69) is 20.6 Å². The molecule has 1 aliphatic rings. The number of thioether (sulfide) groups is 1. The normalized spacial score (nSPS) is 16.2. The van der Waals surface area contributed by atoms with Crippen LogP contribution >= 0.6 is 11.8 Å². The van der Waals surface area contributed by atoms with E-state index >= 15 is 0 Å². The molecule has 1 saturated carbocycles. The molecule has 19 heavy (non-hydrogen) atoms. The van der Waals surface area contributed by atoms with Crippen LogP contribution in [0.4, 0.5) is 5.69 Å². The summed E-state index contributed by atoms with van der Waals surface area (Å²) in [5, 5.41) is 17.1. The molecule has 7 nitrogen and oxygen atoms in total. The number of aryl methyl sites for hydroxylation is 1. The molecule has 0 radical (unpaired) electrons. The van der Waals surface area contributed by atoms with Gasteiger partial charge in [0.05, 0.1) is 24.5 Å². The lowest BCUT2D eigenvalue weighted by Crippen LogP contribution is -2.09. The minimum atomic E-state index is 0.484. The number of aromatic nitrogens is 6. The van der Waals surface area contributed by atoms with E-state index < -0.39 is 0 Å². The van der Waals surface area contributed by atoms with Gasteiger partial charge in [-0.3, -0.25) is 4.68 Å². The Labute approximate surface area is 115 Å². The zero-order valence-corrected chi connectivity index (χ0v) is 11.5. The molecular formula is C11H17N7S. The van der Waals surface area contributed by atoms with Gasteiger partial charge in [0.25, 0.3) is 0 Å². The standard InChI is InChI=1S/C11H17N7S/c12-9-7-13-17(8-9)5-6-19-11-14-15-16-18(11)10-3-1-2-4-10/h7-8,10H,1-6,12H2. The van der Waals surface area contributed by atoms with Crippen molar-refractivity contribution < 1.29 is 0 Å². The lowest BCUT2D eigenvalue weighted by molar-refractivity contribution is 0.423. The molecule has 8 heteroatoms. The summed E-state index contributed by atoms with van der Waals surface area (Å²) < 4.78 is 3.82. The number of hydrogen-bond donors (Lipinski definition) is 1. The van der Waals surface area contributed by atoms with Crippen molar-refractivity contribution in [1.29, 1.82) is 0 Å². The Bertz CT molecular complexity index is 529. The fourth-order valence-corrected chi connectivity index (χ4v) is 3.26. The van der Waals surface area contributed by atoms with Crippen LogP contribution in [0.1, 0.15) is 31.7 Å². The number of tetrazole rings is 1. The lowest BCUT2D eigenvalue weighted by atomic mass is 10.3. The van der Waals surface area contributed by atoms with Crippen molar-refractivity contribution in [2.24, 2.45) is 0 Å². The van der Waals surface area contributed by atoms with Crippen molar-refractivity contribution in [1.82, 2.24) is 30.0 Å². The van der Waals surface area contributed by atoms with E-state index in [4.69, 9.17) is 5.73 Å². The molecule has 0 aromatic carbocycles. The maximum atomic E-state index is 5.63. The van der Waals surface area contributed by atoms with Crippen LogP contribution in [-0.4, -0.2) is 35.7 Å². The Morgan fingerprint density at radius 3 is 2.95 bits per heavy atom. The van der Waals surface area contributed by atoms with Gasteiger partial charge in [0.15, 0.2) is 0 Å². The first kappa shape index (κ1) is 12.5. The first-order valence-electron chi connectivity index (χ1n) is 6.51. The van der Waals surface area contributed by atoms with E-state index in [1.54, 1.807) is 18.0 Å². The smallest absolute Gasteiger partial charge is 0.209 e. The van der Waals surface area contributed by atoms with Gasteiger partial charge < -0.3 is 5.73 Å². The van der Waals surface area contributed by atoms with Crippen LogP contribution in [-0.2, 0) is 6.54 Å². The van der Waals surface area contributed by atoms with Gasteiger partial charge >= 0.3 is 0 Å².